The van der Waals surface area contributed by atoms with Gasteiger partial charge in [0.15, 0.2) is 0 Å². The highest BCUT2D eigenvalue weighted by molar-refractivity contribution is 5.80. The number of likely N-dealkylation sites (tertiary alicyclic amines) is 2. The van der Waals surface area contributed by atoms with Crippen LogP contribution in [0.3, 0.4) is 0 Å². The van der Waals surface area contributed by atoms with E-state index in [1.54, 1.807) is 0 Å². The average Bonchev–Trinajstić information content (AvgIpc) is 3.50. The number of rotatable bonds is 6. The summed E-state index contributed by atoms with van der Waals surface area (Å²) in [6.07, 6.45) is 11.3. The largest absolute Gasteiger partial charge is 0.378 e. The van der Waals surface area contributed by atoms with Crippen molar-refractivity contribution in [2.75, 3.05) is 32.8 Å². The molecule has 0 radical (unpaired) electrons. The van der Waals surface area contributed by atoms with Gasteiger partial charge in [0.1, 0.15) is 0 Å². The number of hydrogen-bond donors (Lipinski definition) is 0. The summed E-state index contributed by atoms with van der Waals surface area (Å²) in [7, 11) is 0. The molecule has 2 aliphatic heterocycles. The normalized spacial score (nSPS) is 32.0. The topological polar surface area (TPSA) is 49.9 Å². The zero-order chi connectivity index (χ0) is 19.5. The van der Waals surface area contributed by atoms with Gasteiger partial charge in [-0.1, -0.05) is 0 Å². The Kier molecular flexibility index (Phi) is 6.59. The van der Waals surface area contributed by atoms with Crippen molar-refractivity contribution in [3.05, 3.63) is 0 Å². The molecular weight excluding hydrogens is 352 g/mol. The first-order valence-electron chi connectivity index (χ1n) is 11.8. The quantitative estimate of drug-likeness (QED) is 0.698. The van der Waals surface area contributed by atoms with Crippen LogP contribution in [0.1, 0.15) is 71.1 Å². The zero-order valence-corrected chi connectivity index (χ0v) is 17.6. The van der Waals surface area contributed by atoms with Crippen LogP contribution in [0.5, 0.6) is 0 Å². The highest BCUT2D eigenvalue weighted by atomic mass is 16.5. The van der Waals surface area contributed by atoms with Gasteiger partial charge in [-0.3, -0.25) is 9.59 Å². The Morgan fingerprint density at radius 3 is 2.14 bits per heavy atom. The van der Waals surface area contributed by atoms with E-state index < -0.39 is 0 Å². The molecule has 0 spiro atoms. The van der Waals surface area contributed by atoms with E-state index in [0.29, 0.717) is 23.8 Å². The van der Waals surface area contributed by atoms with Crippen molar-refractivity contribution >= 4 is 11.8 Å². The van der Waals surface area contributed by atoms with Crippen LogP contribution in [-0.2, 0) is 14.3 Å². The number of piperidine rings is 1. The van der Waals surface area contributed by atoms with Crippen molar-refractivity contribution in [1.29, 1.82) is 0 Å². The van der Waals surface area contributed by atoms with E-state index in [1.165, 1.54) is 19.3 Å². The SMILES string of the molecule is CCOC1CC(C(=O)N2CCC(C3CCCN(C(=O)CC4CC4)CC3)CC2)C1. The highest BCUT2D eigenvalue weighted by Crippen LogP contribution is 2.37. The lowest BCUT2D eigenvalue weighted by atomic mass is 9.78. The molecule has 2 saturated heterocycles. The molecule has 158 valence electrons. The van der Waals surface area contributed by atoms with Gasteiger partial charge in [-0.25, -0.2) is 0 Å². The molecule has 4 aliphatic rings. The van der Waals surface area contributed by atoms with E-state index in [9.17, 15) is 9.59 Å². The van der Waals surface area contributed by atoms with Crippen molar-refractivity contribution in [3.8, 4) is 0 Å². The lowest BCUT2D eigenvalue weighted by molar-refractivity contribution is -0.146. The van der Waals surface area contributed by atoms with Gasteiger partial charge >= 0.3 is 0 Å². The summed E-state index contributed by atoms with van der Waals surface area (Å²) in [5.74, 6) is 3.13. The van der Waals surface area contributed by atoms with Crippen molar-refractivity contribution in [2.45, 2.75) is 77.2 Å². The maximum absolute atomic E-state index is 12.7. The first-order valence-corrected chi connectivity index (χ1v) is 11.8. The molecular formula is C23H38N2O3. The predicted molar refractivity (Wildman–Crippen MR) is 109 cm³/mol. The first kappa shape index (κ1) is 20.2. The number of carbonyl (C=O) groups excluding carboxylic acids is 2. The van der Waals surface area contributed by atoms with Crippen molar-refractivity contribution in [1.82, 2.24) is 9.80 Å². The lowest BCUT2D eigenvalue weighted by Crippen LogP contribution is -2.47. The van der Waals surface area contributed by atoms with Gasteiger partial charge < -0.3 is 14.5 Å². The number of hydrogen-bond acceptors (Lipinski definition) is 3. The molecule has 4 rings (SSSR count). The molecule has 0 N–H and O–H groups in total. The molecule has 0 aromatic carbocycles. The Morgan fingerprint density at radius 1 is 0.857 bits per heavy atom. The van der Waals surface area contributed by atoms with Gasteiger partial charge in [-0.15, -0.1) is 0 Å². The number of ether oxygens (including phenoxy) is 1. The highest BCUT2D eigenvalue weighted by Gasteiger charge is 2.39. The fraction of sp³-hybridized carbons (Fsp3) is 0.913. The van der Waals surface area contributed by atoms with E-state index in [1.807, 2.05) is 6.92 Å². The van der Waals surface area contributed by atoms with Gasteiger partial charge in [0.25, 0.3) is 0 Å². The standard InChI is InChI=1S/C23H38N2O3/c1-2-28-21-15-20(16-21)23(27)25-12-8-19(9-13-25)18-4-3-10-24(11-7-18)22(26)14-17-5-6-17/h17-21H,2-16H2,1H3. The van der Waals surface area contributed by atoms with Crippen molar-refractivity contribution in [2.24, 2.45) is 23.7 Å². The molecule has 4 fully saturated rings. The van der Waals surface area contributed by atoms with Gasteiger partial charge in [0, 0.05) is 45.1 Å². The van der Waals surface area contributed by atoms with Crippen LogP contribution in [-0.4, -0.2) is 60.5 Å². The van der Waals surface area contributed by atoms with Crippen LogP contribution in [0, 0.1) is 23.7 Å². The summed E-state index contributed by atoms with van der Waals surface area (Å²) in [6, 6.07) is 0. The van der Waals surface area contributed by atoms with E-state index >= 15 is 0 Å². The number of amides is 2. The summed E-state index contributed by atoms with van der Waals surface area (Å²) in [5.41, 5.74) is 0. The molecule has 5 heteroatoms. The number of carbonyl (C=O) groups is 2. The molecule has 2 heterocycles. The predicted octanol–water partition coefficient (Wildman–Crippen LogP) is 3.47. The van der Waals surface area contributed by atoms with Crippen molar-refractivity contribution in [3.63, 3.8) is 0 Å². The third-order valence-electron chi connectivity index (χ3n) is 7.65. The van der Waals surface area contributed by atoms with E-state index in [0.717, 1.165) is 89.6 Å². The Balaban J connectivity index is 1.18. The Morgan fingerprint density at radius 2 is 1.50 bits per heavy atom. The molecule has 28 heavy (non-hydrogen) atoms. The third-order valence-corrected chi connectivity index (χ3v) is 7.65. The summed E-state index contributed by atoms with van der Waals surface area (Å²) >= 11 is 0. The first-order chi connectivity index (χ1) is 13.6. The van der Waals surface area contributed by atoms with E-state index in [4.69, 9.17) is 4.74 Å². The second-order valence-corrected chi connectivity index (χ2v) is 9.63. The molecule has 5 nitrogen and oxygen atoms in total. The monoisotopic (exact) mass is 390 g/mol. The summed E-state index contributed by atoms with van der Waals surface area (Å²) in [5, 5.41) is 0. The van der Waals surface area contributed by atoms with Gasteiger partial charge in [0.05, 0.1) is 6.10 Å². The minimum absolute atomic E-state index is 0.206. The number of nitrogens with zero attached hydrogens (tertiary/aromatic N) is 2. The average molecular weight is 391 g/mol. The van der Waals surface area contributed by atoms with E-state index in [2.05, 4.69) is 9.80 Å². The molecule has 0 aromatic heterocycles. The van der Waals surface area contributed by atoms with Crippen LogP contribution < -0.4 is 0 Å². The minimum atomic E-state index is 0.206. The summed E-state index contributed by atoms with van der Waals surface area (Å²) in [6.45, 7) is 6.55. The van der Waals surface area contributed by atoms with E-state index in [-0.39, 0.29) is 5.92 Å². The molecule has 1 unspecified atom stereocenters. The van der Waals surface area contributed by atoms with Crippen LogP contribution >= 0.6 is 0 Å². The third kappa shape index (κ3) is 4.90. The minimum Gasteiger partial charge on any atom is -0.378 e. The lowest BCUT2D eigenvalue weighted by Gasteiger charge is -2.41. The molecule has 1 atom stereocenters. The van der Waals surface area contributed by atoms with Gasteiger partial charge in [-0.2, -0.15) is 0 Å². The fourth-order valence-electron chi connectivity index (χ4n) is 5.53. The van der Waals surface area contributed by atoms with Crippen LogP contribution in [0.4, 0.5) is 0 Å². The Bertz CT molecular complexity index is 548. The van der Waals surface area contributed by atoms with Crippen LogP contribution in [0.2, 0.25) is 0 Å². The second kappa shape index (κ2) is 9.15. The molecule has 2 aliphatic carbocycles. The molecule has 2 amide bonds. The molecule has 2 saturated carbocycles. The fourth-order valence-corrected chi connectivity index (χ4v) is 5.53. The van der Waals surface area contributed by atoms with Crippen LogP contribution in [0.15, 0.2) is 0 Å². The van der Waals surface area contributed by atoms with Crippen molar-refractivity contribution < 1.29 is 14.3 Å². The maximum Gasteiger partial charge on any atom is 0.225 e. The molecule has 0 aromatic rings. The smallest absolute Gasteiger partial charge is 0.225 e. The zero-order valence-electron chi connectivity index (χ0n) is 17.6. The second-order valence-electron chi connectivity index (χ2n) is 9.63. The molecule has 0 bridgehead atoms. The van der Waals surface area contributed by atoms with Gasteiger partial charge in [0.2, 0.25) is 11.8 Å². The maximum atomic E-state index is 12.7. The van der Waals surface area contributed by atoms with Crippen LogP contribution in [0.25, 0.3) is 0 Å². The summed E-state index contributed by atoms with van der Waals surface area (Å²) < 4.78 is 5.61. The summed E-state index contributed by atoms with van der Waals surface area (Å²) in [4.78, 5) is 29.4. The Labute approximate surface area is 170 Å². The van der Waals surface area contributed by atoms with Gasteiger partial charge in [-0.05, 0) is 82.5 Å². The Hall–Kier alpha value is -1.10.